The summed E-state index contributed by atoms with van der Waals surface area (Å²) in [7, 11) is 0. The molecule has 1 saturated heterocycles. The van der Waals surface area contributed by atoms with Gasteiger partial charge in [0, 0.05) is 42.7 Å². The largest absolute Gasteiger partial charge is 0.315 e. The van der Waals surface area contributed by atoms with Crippen LogP contribution in [0.5, 0.6) is 0 Å². The minimum Gasteiger partial charge on any atom is -0.315 e. The summed E-state index contributed by atoms with van der Waals surface area (Å²) in [6.07, 6.45) is 8.03. The molecule has 1 unspecified atom stereocenters. The minimum absolute atomic E-state index is 0.561. The van der Waals surface area contributed by atoms with Crippen molar-refractivity contribution >= 4 is 0 Å². The number of hydrogen-bond acceptors (Lipinski definition) is 4. The number of nitrogens with one attached hydrogen (secondary N) is 3. The number of nitrogens with zero attached hydrogens (tertiary/aromatic N) is 2. The van der Waals surface area contributed by atoms with E-state index in [9.17, 15) is 0 Å². The molecule has 2 aromatic rings. The van der Waals surface area contributed by atoms with Crippen molar-refractivity contribution in [2.75, 3.05) is 13.1 Å². The van der Waals surface area contributed by atoms with Gasteiger partial charge in [-0.15, -0.1) is 0 Å². The molecule has 1 aliphatic heterocycles. The predicted molar refractivity (Wildman–Crippen MR) is 74.6 cm³/mol. The van der Waals surface area contributed by atoms with Crippen molar-refractivity contribution in [2.45, 2.75) is 25.4 Å². The fourth-order valence-electron chi connectivity index (χ4n) is 2.49. The van der Waals surface area contributed by atoms with E-state index >= 15 is 0 Å². The molecule has 2 aromatic heterocycles. The molecule has 1 fully saturated rings. The summed E-state index contributed by atoms with van der Waals surface area (Å²) in [6, 6.07) is 4.55. The topological polar surface area (TPSA) is 65.6 Å². The van der Waals surface area contributed by atoms with Gasteiger partial charge in [-0.2, -0.15) is 5.10 Å². The summed E-state index contributed by atoms with van der Waals surface area (Å²) in [5.41, 5.74) is 3.33. The highest BCUT2D eigenvalue weighted by Crippen LogP contribution is 2.19. The maximum Gasteiger partial charge on any atom is 0.0710 e. The van der Waals surface area contributed by atoms with Crippen LogP contribution in [-0.4, -0.2) is 34.3 Å². The van der Waals surface area contributed by atoms with Crippen molar-refractivity contribution in [3.63, 3.8) is 0 Å². The molecule has 0 saturated carbocycles. The molecule has 1 atom stereocenters. The van der Waals surface area contributed by atoms with Gasteiger partial charge < -0.3 is 10.6 Å². The van der Waals surface area contributed by atoms with E-state index in [0.717, 1.165) is 30.9 Å². The number of piperidine rings is 1. The Bertz CT molecular complexity index is 502. The van der Waals surface area contributed by atoms with Crippen molar-refractivity contribution < 1.29 is 0 Å². The van der Waals surface area contributed by atoms with Crippen LogP contribution in [0.4, 0.5) is 0 Å². The number of pyridine rings is 1. The Kier molecular flexibility index (Phi) is 3.86. The highest BCUT2D eigenvalue weighted by Gasteiger charge is 2.14. The quantitative estimate of drug-likeness (QED) is 0.773. The molecule has 5 heteroatoms. The van der Waals surface area contributed by atoms with Crippen LogP contribution >= 0.6 is 0 Å². The van der Waals surface area contributed by atoms with Crippen LogP contribution in [0.25, 0.3) is 11.3 Å². The van der Waals surface area contributed by atoms with E-state index in [1.54, 1.807) is 6.20 Å². The molecule has 0 radical (unpaired) electrons. The zero-order valence-corrected chi connectivity index (χ0v) is 10.9. The minimum atomic E-state index is 0.561. The van der Waals surface area contributed by atoms with Crippen LogP contribution in [0, 0.1) is 0 Å². The Morgan fingerprint density at radius 2 is 2.37 bits per heavy atom. The maximum atomic E-state index is 4.15. The van der Waals surface area contributed by atoms with Gasteiger partial charge in [-0.1, -0.05) is 0 Å². The number of H-pyrrole nitrogens is 1. The lowest BCUT2D eigenvalue weighted by Crippen LogP contribution is -2.42. The third-order valence-corrected chi connectivity index (χ3v) is 3.55. The first-order valence-electron chi connectivity index (χ1n) is 6.80. The summed E-state index contributed by atoms with van der Waals surface area (Å²) in [6.45, 7) is 3.04. The molecule has 19 heavy (non-hydrogen) atoms. The number of aromatic nitrogens is 3. The van der Waals surface area contributed by atoms with Gasteiger partial charge >= 0.3 is 0 Å². The van der Waals surface area contributed by atoms with Crippen LogP contribution in [0.1, 0.15) is 18.4 Å². The van der Waals surface area contributed by atoms with Crippen LogP contribution < -0.4 is 10.6 Å². The first kappa shape index (κ1) is 12.3. The molecular weight excluding hydrogens is 238 g/mol. The number of aromatic amines is 1. The van der Waals surface area contributed by atoms with Crippen molar-refractivity contribution in [1.82, 2.24) is 25.8 Å². The molecule has 0 aromatic carbocycles. The third-order valence-electron chi connectivity index (χ3n) is 3.55. The summed E-state index contributed by atoms with van der Waals surface area (Å²) < 4.78 is 0. The zero-order chi connectivity index (χ0) is 12.9. The SMILES string of the molecule is c1cncc(-c2[nH]ncc2CNC2CCCNC2)c1. The molecule has 0 bridgehead atoms. The van der Waals surface area contributed by atoms with Crippen LogP contribution in [0.2, 0.25) is 0 Å². The molecule has 5 nitrogen and oxygen atoms in total. The fraction of sp³-hybridized carbons (Fsp3) is 0.429. The van der Waals surface area contributed by atoms with Crippen molar-refractivity contribution in [3.05, 3.63) is 36.3 Å². The molecule has 0 aliphatic carbocycles. The molecule has 3 heterocycles. The zero-order valence-electron chi connectivity index (χ0n) is 10.9. The van der Waals surface area contributed by atoms with E-state index in [-0.39, 0.29) is 0 Å². The second kappa shape index (κ2) is 5.95. The van der Waals surface area contributed by atoms with Crippen LogP contribution in [0.3, 0.4) is 0 Å². The Hall–Kier alpha value is -1.72. The number of hydrogen-bond donors (Lipinski definition) is 3. The average Bonchev–Trinajstić information content (AvgIpc) is 2.95. The Balaban J connectivity index is 1.67. The van der Waals surface area contributed by atoms with Gasteiger partial charge in [-0.3, -0.25) is 10.1 Å². The van der Waals surface area contributed by atoms with Gasteiger partial charge in [0.05, 0.1) is 11.9 Å². The van der Waals surface area contributed by atoms with E-state index in [4.69, 9.17) is 0 Å². The standard InChI is InChI=1S/C14H19N5/c1-3-11(7-15-5-1)14-12(9-18-19-14)8-17-13-4-2-6-16-10-13/h1,3,5,7,9,13,16-17H,2,4,6,8,10H2,(H,18,19). The van der Waals surface area contributed by atoms with E-state index in [2.05, 4.69) is 25.8 Å². The van der Waals surface area contributed by atoms with E-state index in [1.165, 1.54) is 18.4 Å². The van der Waals surface area contributed by atoms with Crippen molar-refractivity contribution in [2.24, 2.45) is 0 Å². The van der Waals surface area contributed by atoms with Crippen LogP contribution in [-0.2, 0) is 6.54 Å². The number of rotatable bonds is 4. The summed E-state index contributed by atoms with van der Waals surface area (Å²) in [4.78, 5) is 4.15. The van der Waals surface area contributed by atoms with E-state index in [0.29, 0.717) is 6.04 Å². The highest BCUT2D eigenvalue weighted by atomic mass is 15.1. The second-order valence-corrected chi connectivity index (χ2v) is 4.94. The van der Waals surface area contributed by atoms with Gasteiger partial charge in [0.15, 0.2) is 0 Å². The van der Waals surface area contributed by atoms with E-state index in [1.807, 2.05) is 24.5 Å². The normalized spacial score (nSPS) is 19.5. The molecule has 0 spiro atoms. The lowest BCUT2D eigenvalue weighted by molar-refractivity contribution is 0.389. The second-order valence-electron chi connectivity index (χ2n) is 4.94. The van der Waals surface area contributed by atoms with Gasteiger partial charge in [-0.25, -0.2) is 0 Å². The molecule has 1 aliphatic rings. The first-order chi connectivity index (χ1) is 9.43. The Morgan fingerprint density at radius 1 is 1.37 bits per heavy atom. The average molecular weight is 257 g/mol. The molecule has 0 amide bonds. The van der Waals surface area contributed by atoms with Gasteiger partial charge in [0.1, 0.15) is 0 Å². The smallest absolute Gasteiger partial charge is 0.0710 e. The maximum absolute atomic E-state index is 4.15. The van der Waals surface area contributed by atoms with Crippen molar-refractivity contribution in [3.8, 4) is 11.3 Å². The lowest BCUT2D eigenvalue weighted by Gasteiger charge is -2.23. The fourth-order valence-corrected chi connectivity index (χ4v) is 2.49. The lowest BCUT2D eigenvalue weighted by atomic mass is 10.1. The highest BCUT2D eigenvalue weighted by molar-refractivity contribution is 5.61. The predicted octanol–water partition coefficient (Wildman–Crippen LogP) is 1.31. The molecular formula is C14H19N5. The summed E-state index contributed by atoms with van der Waals surface area (Å²) in [5.74, 6) is 0. The van der Waals surface area contributed by atoms with Gasteiger partial charge in [-0.05, 0) is 31.5 Å². The van der Waals surface area contributed by atoms with Crippen LogP contribution in [0.15, 0.2) is 30.7 Å². The first-order valence-corrected chi connectivity index (χ1v) is 6.80. The molecule has 3 rings (SSSR count). The van der Waals surface area contributed by atoms with Crippen molar-refractivity contribution in [1.29, 1.82) is 0 Å². The third kappa shape index (κ3) is 3.00. The summed E-state index contributed by atoms with van der Waals surface area (Å²) in [5, 5.41) is 14.2. The Morgan fingerprint density at radius 3 is 3.16 bits per heavy atom. The van der Waals surface area contributed by atoms with Gasteiger partial charge in [0.2, 0.25) is 0 Å². The Labute approximate surface area is 112 Å². The molecule has 3 N–H and O–H groups in total. The van der Waals surface area contributed by atoms with E-state index < -0.39 is 0 Å². The summed E-state index contributed by atoms with van der Waals surface area (Å²) >= 11 is 0. The monoisotopic (exact) mass is 257 g/mol. The van der Waals surface area contributed by atoms with Gasteiger partial charge in [0.25, 0.3) is 0 Å². The molecule has 100 valence electrons.